The summed E-state index contributed by atoms with van der Waals surface area (Å²) in [4.78, 5) is 9.72. The minimum Gasteiger partial charge on any atom is -0.457 e. The normalized spacial score (nSPS) is 10.9. The van der Waals surface area contributed by atoms with Crippen LogP contribution < -0.4 is 9.64 Å². The van der Waals surface area contributed by atoms with E-state index in [1.165, 1.54) is 0 Å². The Bertz CT molecular complexity index is 817. The molecule has 4 nitrogen and oxygen atoms in total. The topological polar surface area (TPSA) is 41.2 Å². The molecule has 130 valence electrons. The van der Waals surface area contributed by atoms with Crippen LogP contribution in [0.15, 0.2) is 54.9 Å². The first-order valence-corrected chi connectivity index (χ1v) is 8.76. The molecule has 0 unspecified atom stereocenters. The maximum Gasteiger partial charge on any atom is 0.129 e. The van der Waals surface area contributed by atoms with Crippen LogP contribution in [0.1, 0.15) is 19.7 Å². The van der Waals surface area contributed by atoms with Gasteiger partial charge in [0, 0.05) is 30.2 Å². The lowest BCUT2D eigenvalue weighted by Gasteiger charge is -2.28. The highest BCUT2D eigenvalue weighted by Gasteiger charge is 2.13. The summed E-state index contributed by atoms with van der Waals surface area (Å²) >= 11 is 11.9. The number of nitrogens with one attached hydrogen (secondary N) is 1. The molecule has 0 saturated carbocycles. The molecule has 6 heteroatoms. The van der Waals surface area contributed by atoms with Gasteiger partial charge in [0.05, 0.1) is 16.6 Å². The lowest BCUT2D eigenvalue weighted by Crippen LogP contribution is -2.30. The van der Waals surface area contributed by atoms with Crippen molar-refractivity contribution >= 4 is 28.9 Å². The summed E-state index contributed by atoms with van der Waals surface area (Å²) in [5.74, 6) is 2.33. The van der Waals surface area contributed by atoms with E-state index in [0.717, 1.165) is 23.8 Å². The van der Waals surface area contributed by atoms with Crippen molar-refractivity contribution in [3.8, 4) is 11.5 Å². The molecule has 3 rings (SSSR count). The van der Waals surface area contributed by atoms with Gasteiger partial charge in [0.15, 0.2) is 0 Å². The van der Waals surface area contributed by atoms with Gasteiger partial charge in [0.1, 0.15) is 17.3 Å². The van der Waals surface area contributed by atoms with Gasteiger partial charge in [-0.25, -0.2) is 4.98 Å². The average molecular weight is 376 g/mol. The first-order chi connectivity index (χ1) is 12.0. The van der Waals surface area contributed by atoms with Crippen LogP contribution in [-0.2, 0) is 6.54 Å². The molecule has 0 amide bonds. The predicted octanol–water partition coefficient (Wildman–Crippen LogP) is 5.92. The van der Waals surface area contributed by atoms with E-state index in [1.807, 2.05) is 30.5 Å². The summed E-state index contributed by atoms with van der Waals surface area (Å²) in [7, 11) is 0. The van der Waals surface area contributed by atoms with Gasteiger partial charge in [-0.15, -0.1) is 0 Å². The Balaban J connectivity index is 1.74. The Morgan fingerprint density at radius 2 is 1.76 bits per heavy atom. The zero-order chi connectivity index (χ0) is 17.8. The minimum atomic E-state index is 0.340. The Morgan fingerprint density at radius 3 is 2.36 bits per heavy atom. The summed E-state index contributed by atoms with van der Waals surface area (Å²) < 4.78 is 5.84. The molecule has 0 saturated heterocycles. The summed E-state index contributed by atoms with van der Waals surface area (Å²) in [6.45, 7) is 5.03. The van der Waals surface area contributed by atoms with Crippen LogP contribution >= 0.6 is 23.2 Å². The number of nitrogens with zero attached hydrogens (tertiary/aromatic N) is 2. The number of benzene rings is 2. The molecule has 0 aliphatic carbocycles. The van der Waals surface area contributed by atoms with Crippen molar-refractivity contribution in [2.45, 2.75) is 26.4 Å². The Labute approximate surface area is 157 Å². The first-order valence-electron chi connectivity index (χ1n) is 8.01. The predicted molar refractivity (Wildman–Crippen MR) is 103 cm³/mol. The second kappa shape index (κ2) is 7.81. The highest BCUT2D eigenvalue weighted by Crippen LogP contribution is 2.30. The van der Waals surface area contributed by atoms with Gasteiger partial charge in [-0.1, -0.05) is 23.2 Å². The van der Waals surface area contributed by atoms with Gasteiger partial charge in [-0.05, 0) is 50.2 Å². The fraction of sp³-hybridized carbons (Fsp3) is 0.211. The second-order valence-corrected chi connectivity index (χ2v) is 6.74. The fourth-order valence-corrected chi connectivity index (χ4v) is 2.79. The van der Waals surface area contributed by atoms with Gasteiger partial charge < -0.3 is 14.6 Å². The number of aromatic nitrogens is 2. The van der Waals surface area contributed by atoms with Crippen molar-refractivity contribution in [1.29, 1.82) is 0 Å². The fourth-order valence-electron chi connectivity index (χ4n) is 2.50. The lowest BCUT2D eigenvalue weighted by molar-refractivity contribution is 0.482. The van der Waals surface area contributed by atoms with Crippen LogP contribution in [0.25, 0.3) is 0 Å². The lowest BCUT2D eigenvalue weighted by atomic mass is 10.2. The van der Waals surface area contributed by atoms with Crippen molar-refractivity contribution in [2.75, 3.05) is 4.90 Å². The molecule has 0 spiro atoms. The van der Waals surface area contributed by atoms with E-state index >= 15 is 0 Å². The number of H-pyrrole nitrogens is 1. The van der Waals surface area contributed by atoms with Crippen LogP contribution in [0.3, 0.4) is 0 Å². The molecule has 0 fully saturated rings. The van der Waals surface area contributed by atoms with Gasteiger partial charge in [0.2, 0.25) is 0 Å². The largest absolute Gasteiger partial charge is 0.457 e. The van der Waals surface area contributed by atoms with E-state index in [-0.39, 0.29) is 0 Å². The van der Waals surface area contributed by atoms with E-state index in [1.54, 1.807) is 24.4 Å². The number of anilines is 1. The minimum absolute atomic E-state index is 0.340. The van der Waals surface area contributed by atoms with Crippen molar-refractivity contribution in [3.05, 3.63) is 70.7 Å². The Hall–Kier alpha value is -2.17. The summed E-state index contributed by atoms with van der Waals surface area (Å²) in [5.41, 5.74) is 1.10. The molecule has 1 N–H and O–H groups in total. The SMILES string of the molecule is CC(C)N(Cc1ncc[nH]1)c1ccc(Oc2ccc(Cl)c(Cl)c2)cc1. The zero-order valence-corrected chi connectivity index (χ0v) is 15.6. The Morgan fingerprint density at radius 1 is 1.04 bits per heavy atom. The average Bonchev–Trinajstić information content (AvgIpc) is 3.10. The van der Waals surface area contributed by atoms with E-state index in [2.05, 4.69) is 28.7 Å². The van der Waals surface area contributed by atoms with Crippen LogP contribution in [0.2, 0.25) is 10.0 Å². The third-order valence-corrected chi connectivity index (χ3v) is 4.53. The van der Waals surface area contributed by atoms with Crippen molar-refractivity contribution in [1.82, 2.24) is 9.97 Å². The van der Waals surface area contributed by atoms with Crippen LogP contribution in [0.5, 0.6) is 11.5 Å². The number of aromatic amines is 1. The number of ether oxygens (including phenoxy) is 1. The van der Waals surface area contributed by atoms with Crippen LogP contribution in [0, 0.1) is 0 Å². The molecule has 25 heavy (non-hydrogen) atoms. The maximum atomic E-state index is 6.02. The van der Waals surface area contributed by atoms with Crippen LogP contribution in [0.4, 0.5) is 5.69 Å². The number of rotatable bonds is 6. The molecular formula is C19H19Cl2N3O. The first kappa shape index (κ1) is 17.6. The second-order valence-electron chi connectivity index (χ2n) is 5.93. The molecule has 3 aromatic rings. The summed E-state index contributed by atoms with van der Waals surface area (Å²) in [6, 6.07) is 13.5. The number of imidazole rings is 1. The van der Waals surface area contributed by atoms with E-state index in [0.29, 0.717) is 21.8 Å². The van der Waals surface area contributed by atoms with Crippen molar-refractivity contribution in [3.63, 3.8) is 0 Å². The van der Waals surface area contributed by atoms with E-state index in [4.69, 9.17) is 27.9 Å². The monoisotopic (exact) mass is 375 g/mol. The molecule has 0 aliphatic rings. The Kier molecular flexibility index (Phi) is 5.51. The highest BCUT2D eigenvalue weighted by atomic mass is 35.5. The molecule has 2 aromatic carbocycles. The number of hydrogen-bond donors (Lipinski definition) is 1. The quantitative estimate of drug-likeness (QED) is 0.580. The molecule has 0 bridgehead atoms. The maximum absolute atomic E-state index is 6.02. The molecule has 0 aliphatic heterocycles. The van der Waals surface area contributed by atoms with E-state index in [9.17, 15) is 0 Å². The third-order valence-electron chi connectivity index (χ3n) is 3.79. The van der Waals surface area contributed by atoms with Crippen LogP contribution in [-0.4, -0.2) is 16.0 Å². The standard InChI is InChI=1S/C19H19Cl2N3O/c1-13(2)24(12-19-22-9-10-23-19)14-3-5-15(6-4-14)25-16-7-8-17(20)18(21)11-16/h3-11,13H,12H2,1-2H3,(H,22,23). The zero-order valence-electron chi connectivity index (χ0n) is 14.0. The summed E-state index contributed by atoms with van der Waals surface area (Å²) in [6.07, 6.45) is 3.60. The van der Waals surface area contributed by atoms with Crippen molar-refractivity contribution < 1.29 is 4.74 Å². The van der Waals surface area contributed by atoms with Gasteiger partial charge in [-0.2, -0.15) is 0 Å². The van der Waals surface area contributed by atoms with Gasteiger partial charge in [0.25, 0.3) is 0 Å². The highest BCUT2D eigenvalue weighted by molar-refractivity contribution is 6.42. The summed E-state index contributed by atoms with van der Waals surface area (Å²) in [5, 5.41) is 0.982. The van der Waals surface area contributed by atoms with Gasteiger partial charge >= 0.3 is 0 Å². The molecular weight excluding hydrogens is 357 g/mol. The molecule has 1 aromatic heterocycles. The smallest absolute Gasteiger partial charge is 0.129 e. The third kappa shape index (κ3) is 4.47. The molecule has 0 atom stereocenters. The number of halogens is 2. The number of hydrogen-bond acceptors (Lipinski definition) is 3. The van der Waals surface area contributed by atoms with Crippen molar-refractivity contribution in [2.24, 2.45) is 0 Å². The van der Waals surface area contributed by atoms with E-state index < -0.39 is 0 Å². The molecule has 0 radical (unpaired) electrons. The van der Waals surface area contributed by atoms with Gasteiger partial charge in [-0.3, -0.25) is 0 Å². The molecule has 1 heterocycles.